The van der Waals surface area contributed by atoms with Gasteiger partial charge in [-0.3, -0.25) is 5.32 Å². The minimum absolute atomic E-state index is 0.317. The number of rotatable bonds is 4. The molecule has 2 amide bonds. The molecule has 7 nitrogen and oxygen atoms in total. The number of aromatic nitrogens is 2. The third-order valence-corrected chi connectivity index (χ3v) is 2.48. The van der Waals surface area contributed by atoms with Crippen molar-refractivity contribution in [2.75, 3.05) is 5.32 Å². The Bertz CT molecular complexity index is 392. The van der Waals surface area contributed by atoms with Crippen LogP contribution in [0.5, 0.6) is 0 Å². The fourth-order valence-electron chi connectivity index (χ4n) is 0.978. The normalized spacial score (nSPS) is 11.9. The Kier molecular flexibility index (Phi) is 4.18. The van der Waals surface area contributed by atoms with E-state index in [-0.39, 0.29) is 0 Å². The van der Waals surface area contributed by atoms with Gasteiger partial charge < -0.3 is 10.4 Å². The number of amides is 2. The minimum atomic E-state index is -1.06. The van der Waals surface area contributed by atoms with Gasteiger partial charge in [0.2, 0.25) is 5.13 Å². The van der Waals surface area contributed by atoms with Crippen molar-refractivity contribution >= 4 is 28.7 Å². The Morgan fingerprint density at radius 2 is 2.25 bits per heavy atom. The summed E-state index contributed by atoms with van der Waals surface area (Å²) in [6.45, 7) is 3.37. The molecule has 0 aliphatic carbocycles. The largest absolute Gasteiger partial charge is 0.480 e. The lowest BCUT2D eigenvalue weighted by molar-refractivity contribution is -0.139. The fraction of sp³-hybridized carbons (Fsp3) is 0.500. The molecule has 0 bridgehead atoms. The molecular weight excluding hydrogens is 232 g/mol. The van der Waals surface area contributed by atoms with Crippen LogP contribution in [-0.2, 0) is 4.79 Å². The topological polar surface area (TPSA) is 104 Å². The summed E-state index contributed by atoms with van der Waals surface area (Å²) in [5, 5.41) is 13.8. The van der Waals surface area contributed by atoms with E-state index < -0.39 is 18.0 Å². The number of anilines is 1. The van der Waals surface area contributed by atoms with Gasteiger partial charge in [-0.1, -0.05) is 6.92 Å². The monoisotopic (exact) mass is 244 g/mol. The number of nitrogens with zero attached hydrogens (tertiary/aromatic N) is 2. The molecule has 0 saturated carbocycles. The summed E-state index contributed by atoms with van der Waals surface area (Å²) in [6.07, 6.45) is 0.317. The van der Waals surface area contributed by atoms with Gasteiger partial charge in [-0.15, -0.1) is 0 Å². The fourth-order valence-corrected chi connectivity index (χ4v) is 1.55. The number of hydrogen-bond donors (Lipinski definition) is 3. The van der Waals surface area contributed by atoms with Crippen LogP contribution in [0, 0.1) is 6.92 Å². The average Bonchev–Trinajstić information content (AvgIpc) is 2.60. The van der Waals surface area contributed by atoms with E-state index in [1.54, 1.807) is 13.8 Å². The quantitative estimate of drug-likeness (QED) is 0.727. The van der Waals surface area contributed by atoms with Crippen LogP contribution >= 0.6 is 11.5 Å². The van der Waals surface area contributed by atoms with E-state index in [2.05, 4.69) is 20.0 Å². The average molecular weight is 244 g/mol. The minimum Gasteiger partial charge on any atom is -0.480 e. The van der Waals surface area contributed by atoms with Gasteiger partial charge in [0, 0.05) is 11.5 Å². The first kappa shape index (κ1) is 12.4. The highest BCUT2D eigenvalue weighted by Crippen LogP contribution is 2.09. The van der Waals surface area contributed by atoms with Crippen LogP contribution in [0.3, 0.4) is 0 Å². The van der Waals surface area contributed by atoms with E-state index >= 15 is 0 Å². The molecule has 1 atom stereocenters. The molecule has 1 rings (SSSR count). The molecule has 3 N–H and O–H groups in total. The molecule has 0 saturated heterocycles. The summed E-state index contributed by atoms with van der Waals surface area (Å²) in [7, 11) is 0. The van der Waals surface area contributed by atoms with Gasteiger partial charge in [0.25, 0.3) is 0 Å². The van der Waals surface area contributed by atoms with E-state index in [4.69, 9.17) is 5.11 Å². The molecule has 0 fully saturated rings. The molecule has 8 heteroatoms. The predicted octanol–water partition coefficient (Wildman–Crippen LogP) is 0.831. The molecule has 0 aliphatic heterocycles. The Balaban J connectivity index is 2.50. The summed E-state index contributed by atoms with van der Waals surface area (Å²) in [4.78, 5) is 25.9. The summed E-state index contributed by atoms with van der Waals surface area (Å²) in [6, 6.07) is -1.49. The summed E-state index contributed by atoms with van der Waals surface area (Å²) >= 11 is 1.04. The smallest absolute Gasteiger partial charge is 0.326 e. The van der Waals surface area contributed by atoms with E-state index in [0.717, 1.165) is 11.5 Å². The molecule has 16 heavy (non-hydrogen) atoms. The molecule has 1 heterocycles. The number of urea groups is 1. The first-order valence-electron chi connectivity index (χ1n) is 4.63. The zero-order valence-electron chi connectivity index (χ0n) is 8.85. The molecule has 0 spiro atoms. The third-order valence-electron chi connectivity index (χ3n) is 1.76. The van der Waals surface area contributed by atoms with Crippen LogP contribution in [0.1, 0.15) is 19.2 Å². The van der Waals surface area contributed by atoms with Gasteiger partial charge in [0.05, 0.1) is 0 Å². The van der Waals surface area contributed by atoms with Gasteiger partial charge >= 0.3 is 12.0 Å². The molecule has 88 valence electrons. The van der Waals surface area contributed by atoms with Crippen LogP contribution in [0.15, 0.2) is 0 Å². The van der Waals surface area contributed by atoms with Crippen molar-refractivity contribution in [3.05, 3.63) is 5.82 Å². The molecular formula is C8H12N4O3S. The summed E-state index contributed by atoms with van der Waals surface area (Å²) in [5.74, 6) is -0.503. The van der Waals surface area contributed by atoms with Crippen LogP contribution in [0.2, 0.25) is 0 Å². The zero-order chi connectivity index (χ0) is 12.1. The number of aryl methyl sites for hydroxylation is 1. The van der Waals surface area contributed by atoms with Crippen molar-refractivity contribution in [3.63, 3.8) is 0 Å². The Hall–Kier alpha value is -1.70. The summed E-state index contributed by atoms with van der Waals surface area (Å²) in [5.41, 5.74) is 0. The van der Waals surface area contributed by atoms with Crippen LogP contribution in [0.25, 0.3) is 0 Å². The highest BCUT2D eigenvalue weighted by atomic mass is 32.1. The lowest BCUT2D eigenvalue weighted by atomic mass is 10.2. The van der Waals surface area contributed by atoms with Crippen LogP contribution in [-0.4, -0.2) is 32.5 Å². The van der Waals surface area contributed by atoms with Crippen molar-refractivity contribution in [3.8, 4) is 0 Å². The maximum absolute atomic E-state index is 11.3. The second-order valence-electron chi connectivity index (χ2n) is 3.04. The van der Waals surface area contributed by atoms with E-state index in [1.165, 1.54) is 0 Å². The lowest BCUT2D eigenvalue weighted by Crippen LogP contribution is -2.42. The first-order chi connectivity index (χ1) is 7.52. The molecule has 1 aromatic heterocycles. The SMILES string of the molecule is CCC(NC(=O)Nc1nc(C)ns1)C(=O)O. The Labute approximate surface area is 96.1 Å². The molecule has 0 aromatic carbocycles. The van der Waals surface area contributed by atoms with Gasteiger partial charge in [-0.2, -0.15) is 4.37 Å². The van der Waals surface area contributed by atoms with Gasteiger partial charge in [-0.05, 0) is 13.3 Å². The second-order valence-corrected chi connectivity index (χ2v) is 3.80. The van der Waals surface area contributed by atoms with Crippen molar-refractivity contribution in [1.29, 1.82) is 0 Å². The maximum Gasteiger partial charge on any atom is 0.326 e. The number of nitrogens with one attached hydrogen (secondary N) is 2. The lowest BCUT2D eigenvalue weighted by Gasteiger charge is -2.11. The number of carbonyl (C=O) groups is 2. The van der Waals surface area contributed by atoms with E-state index in [0.29, 0.717) is 17.4 Å². The number of carbonyl (C=O) groups excluding carboxylic acids is 1. The van der Waals surface area contributed by atoms with Crippen molar-refractivity contribution in [2.24, 2.45) is 0 Å². The molecule has 1 unspecified atom stereocenters. The van der Waals surface area contributed by atoms with Crippen LogP contribution < -0.4 is 10.6 Å². The molecule has 0 aliphatic rings. The van der Waals surface area contributed by atoms with E-state index in [9.17, 15) is 9.59 Å². The van der Waals surface area contributed by atoms with Gasteiger partial charge in [-0.25, -0.2) is 14.6 Å². The van der Waals surface area contributed by atoms with Gasteiger partial charge in [0.1, 0.15) is 11.9 Å². The Morgan fingerprint density at radius 3 is 2.69 bits per heavy atom. The van der Waals surface area contributed by atoms with Crippen molar-refractivity contribution in [1.82, 2.24) is 14.7 Å². The number of carboxylic acids is 1. The first-order valence-corrected chi connectivity index (χ1v) is 5.41. The molecule has 1 aromatic rings. The number of aliphatic carboxylic acids is 1. The third kappa shape index (κ3) is 3.46. The standard InChI is InChI=1S/C8H12N4O3S/c1-3-5(6(13)14)10-7(15)11-8-9-4(2)12-16-8/h5H,3H2,1-2H3,(H,13,14)(H2,9,10,11,12,15). The van der Waals surface area contributed by atoms with E-state index in [1.807, 2.05) is 0 Å². The summed E-state index contributed by atoms with van der Waals surface area (Å²) < 4.78 is 3.88. The van der Waals surface area contributed by atoms with Gasteiger partial charge in [0.15, 0.2) is 0 Å². The number of carboxylic acid groups (broad SMARTS) is 1. The van der Waals surface area contributed by atoms with Crippen LogP contribution in [0.4, 0.5) is 9.93 Å². The second kappa shape index (κ2) is 5.40. The highest BCUT2D eigenvalue weighted by molar-refractivity contribution is 7.09. The predicted molar refractivity (Wildman–Crippen MR) is 58.5 cm³/mol. The van der Waals surface area contributed by atoms with Crippen molar-refractivity contribution in [2.45, 2.75) is 26.3 Å². The maximum atomic E-state index is 11.3. The van der Waals surface area contributed by atoms with Crippen molar-refractivity contribution < 1.29 is 14.7 Å². The zero-order valence-corrected chi connectivity index (χ0v) is 9.67. The molecule has 0 radical (unpaired) electrons. The number of hydrogen-bond acceptors (Lipinski definition) is 5. The Morgan fingerprint density at radius 1 is 1.56 bits per heavy atom. The highest BCUT2D eigenvalue weighted by Gasteiger charge is 2.17.